The van der Waals surface area contributed by atoms with E-state index < -0.39 is 0 Å². The highest BCUT2D eigenvalue weighted by Gasteiger charge is 2.09. The Hall–Kier alpha value is -1.06. The van der Waals surface area contributed by atoms with E-state index in [1.165, 1.54) is 18.5 Å². The second-order valence-electron chi connectivity index (χ2n) is 6.53. The maximum absolute atomic E-state index is 5.26. The molecule has 3 heteroatoms. The molecule has 1 aliphatic rings. The molecule has 0 N–H and O–H groups in total. The van der Waals surface area contributed by atoms with Gasteiger partial charge in [0.2, 0.25) is 0 Å². The molecule has 1 saturated heterocycles. The molecular weight excluding hydrogens is 274 g/mol. The lowest BCUT2D eigenvalue weighted by Gasteiger charge is -2.26. The Morgan fingerprint density at radius 2 is 1.73 bits per heavy atom. The van der Waals surface area contributed by atoms with Crippen LogP contribution in [0.3, 0.4) is 0 Å². The standard InChI is InChI=1S/C10H14O.C9H19NO/c1-8(2)9-6-4-5-7-10(9)11-3;1-9(2)3-4-10-5-7-11-8-6-10/h4-8H,1-3H3;9H,3-8H2,1-2H3. The van der Waals surface area contributed by atoms with E-state index in [1.54, 1.807) is 7.11 Å². The van der Waals surface area contributed by atoms with Gasteiger partial charge >= 0.3 is 0 Å². The number of ether oxygens (including phenoxy) is 2. The topological polar surface area (TPSA) is 21.7 Å². The highest BCUT2D eigenvalue weighted by Crippen LogP contribution is 2.24. The minimum atomic E-state index is 0.533. The number of benzene rings is 1. The third-order valence-electron chi connectivity index (χ3n) is 3.89. The number of rotatable bonds is 5. The smallest absolute Gasteiger partial charge is 0.122 e. The average molecular weight is 307 g/mol. The first-order valence-electron chi connectivity index (χ1n) is 8.47. The van der Waals surface area contributed by atoms with E-state index in [0.717, 1.165) is 38.0 Å². The van der Waals surface area contributed by atoms with Gasteiger partial charge in [-0.15, -0.1) is 0 Å². The molecule has 0 unspecified atom stereocenters. The minimum Gasteiger partial charge on any atom is -0.496 e. The molecule has 0 saturated carbocycles. The lowest BCUT2D eigenvalue weighted by Crippen LogP contribution is -2.37. The zero-order chi connectivity index (χ0) is 16.4. The number of hydrogen-bond donors (Lipinski definition) is 0. The monoisotopic (exact) mass is 307 g/mol. The van der Waals surface area contributed by atoms with Crippen molar-refractivity contribution in [3.63, 3.8) is 0 Å². The summed E-state index contributed by atoms with van der Waals surface area (Å²) in [6.45, 7) is 14.3. The Balaban J connectivity index is 0.000000220. The van der Waals surface area contributed by atoms with E-state index in [0.29, 0.717) is 5.92 Å². The first kappa shape index (κ1) is 19.0. The average Bonchev–Trinajstić information content (AvgIpc) is 2.54. The molecule has 0 bridgehead atoms. The molecule has 1 aromatic rings. The fraction of sp³-hybridized carbons (Fsp3) is 0.684. The summed E-state index contributed by atoms with van der Waals surface area (Å²) in [5, 5.41) is 0. The Morgan fingerprint density at radius 1 is 1.09 bits per heavy atom. The van der Waals surface area contributed by atoms with Gasteiger partial charge in [-0.1, -0.05) is 45.9 Å². The third-order valence-corrected chi connectivity index (χ3v) is 3.89. The van der Waals surface area contributed by atoms with Crippen molar-refractivity contribution in [3.05, 3.63) is 29.8 Å². The van der Waals surface area contributed by atoms with Crippen LogP contribution in [0.15, 0.2) is 24.3 Å². The second-order valence-corrected chi connectivity index (χ2v) is 6.53. The molecule has 1 aliphatic heterocycles. The van der Waals surface area contributed by atoms with Crippen LogP contribution in [0.2, 0.25) is 0 Å². The minimum absolute atomic E-state index is 0.533. The van der Waals surface area contributed by atoms with Gasteiger partial charge in [0, 0.05) is 13.1 Å². The zero-order valence-electron chi connectivity index (χ0n) is 15.0. The molecule has 3 nitrogen and oxygen atoms in total. The highest BCUT2D eigenvalue weighted by molar-refractivity contribution is 5.35. The van der Waals surface area contributed by atoms with Crippen LogP contribution in [0.25, 0.3) is 0 Å². The van der Waals surface area contributed by atoms with Crippen LogP contribution in [0.5, 0.6) is 5.75 Å². The highest BCUT2D eigenvalue weighted by atomic mass is 16.5. The number of nitrogens with zero attached hydrogens (tertiary/aromatic N) is 1. The molecule has 1 heterocycles. The van der Waals surface area contributed by atoms with Gasteiger partial charge in [-0.2, -0.15) is 0 Å². The molecule has 22 heavy (non-hydrogen) atoms. The van der Waals surface area contributed by atoms with E-state index >= 15 is 0 Å². The molecular formula is C19H33NO2. The normalized spacial score (nSPS) is 15.6. The molecule has 126 valence electrons. The van der Waals surface area contributed by atoms with E-state index in [-0.39, 0.29) is 0 Å². The predicted molar refractivity (Wildman–Crippen MR) is 93.8 cm³/mol. The summed E-state index contributed by atoms with van der Waals surface area (Å²) in [6, 6.07) is 8.13. The molecule has 0 amide bonds. The van der Waals surface area contributed by atoms with Crippen LogP contribution < -0.4 is 4.74 Å². The van der Waals surface area contributed by atoms with Gasteiger partial charge in [-0.25, -0.2) is 0 Å². The third kappa shape index (κ3) is 7.28. The number of para-hydroxylation sites is 1. The van der Waals surface area contributed by atoms with Gasteiger partial charge < -0.3 is 9.47 Å². The lowest BCUT2D eigenvalue weighted by atomic mass is 10.0. The van der Waals surface area contributed by atoms with Crippen molar-refractivity contribution in [2.45, 2.75) is 40.0 Å². The van der Waals surface area contributed by atoms with Gasteiger partial charge in [-0.3, -0.25) is 4.90 Å². The fourth-order valence-corrected chi connectivity index (χ4v) is 2.41. The van der Waals surface area contributed by atoms with Gasteiger partial charge in [0.25, 0.3) is 0 Å². The fourth-order valence-electron chi connectivity index (χ4n) is 2.41. The molecule has 1 aromatic carbocycles. The Kier molecular flexibility index (Phi) is 9.17. The second kappa shape index (κ2) is 10.6. The van der Waals surface area contributed by atoms with Crippen molar-refractivity contribution in [1.29, 1.82) is 0 Å². The van der Waals surface area contributed by atoms with Crippen LogP contribution in [-0.2, 0) is 4.74 Å². The van der Waals surface area contributed by atoms with E-state index in [9.17, 15) is 0 Å². The molecule has 0 atom stereocenters. The van der Waals surface area contributed by atoms with Crippen molar-refractivity contribution in [2.24, 2.45) is 5.92 Å². The van der Waals surface area contributed by atoms with Crippen LogP contribution in [0.1, 0.15) is 45.6 Å². The molecule has 0 aliphatic carbocycles. The van der Waals surface area contributed by atoms with Gasteiger partial charge in [-0.05, 0) is 36.4 Å². The maximum atomic E-state index is 5.26. The first-order chi connectivity index (χ1) is 10.5. The van der Waals surface area contributed by atoms with Crippen molar-refractivity contribution in [3.8, 4) is 5.75 Å². The molecule has 0 aromatic heterocycles. The van der Waals surface area contributed by atoms with E-state index in [2.05, 4.69) is 38.7 Å². The van der Waals surface area contributed by atoms with Crippen molar-refractivity contribution >= 4 is 0 Å². The van der Waals surface area contributed by atoms with Crippen molar-refractivity contribution in [1.82, 2.24) is 4.90 Å². The molecule has 1 fully saturated rings. The molecule has 0 radical (unpaired) electrons. The van der Waals surface area contributed by atoms with Crippen molar-refractivity contribution < 1.29 is 9.47 Å². The Morgan fingerprint density at radius 3 is 2.23 bits per heavy atom. The van der Waals surface area contributed by atoms with E-state index in [1.807, 2.05) is 18.2 Å². The van der Waals surface area contributed by atoms with Gasteiger partial charge in [0.05, 0.1) is 20.3 Å². The van der Waals surface area contributed by atoms with Crippen LogP contribution in [0.4, 0.5) is 0 Å². The SMILES string of the molecule is CC(C)CCN1CCOCC1.COc1ccccc1C(C)C. The van der Waals surface area contributed by atoms with Gasteiger partial charge in [0.1, 0.15) is 5.75 Å². The van der Waals surface area contributed by atoms with Crippen LogP contribution >= 0.6 is 0 Å². The van der Waals surface area contributed by atoms with Gasteiger partial charge in [0.15, 0.2) is 0 Å². The molecule has 0 spiro atoms. The number of morpholine rings is 1. The summed E-state index contributed by atoms with van der Waals surface area (Å²) in [4.78, 5) is 2.49. The van der Waals surface area contributed by atoms with Crippen LogP contribution in [-0.4, -0.2) is 44.9 Å². The summed E-state index contributed by atoms with van der Waals surface area (Å²) in [7, 11) is 1.71. The summed E-state index contributed by atoms with van der Waals surface area (Å²) in [5.74, 6) is 2.35. The summed E-state index contributed by atoms with van der Waals surface area (Å²) < 4.78 is 10.5. The summed E-state index contributed by atoms with van der Waals surface area (Å²) >= 11 is 0. The first-order valence-corrected chi connectivity index (χ1v) is 8.47. The quantitative estimate of drug-likeness (QED) is 0.814. The summed E-state index contributed by atoms with van der Waals surface area (Å²) in [5.41, 5.74) is 1.27. The Bertz CT molecular complexity index is 398. The maximum Gasteiger partial charge on any atom is 0.122 e. The summed E-state index contributed by atoms with van der Waals surface area (Å²) in [6.07, 6.45) is 1.32. The zero-order valence-corrected chi connectivity index (χ0v) is 15.0. The number of hydrogen-bond acceptors (Lipinski definition) is 3. The van der Waals surface area contributed by atoms with Crippen molar-refractivity contribution in [2.75, 3.05) is 40.0 Å². The Labute approximate surface area is 136 Å². The van der Waals surface area contributed by atoms with Crippen LogP contribution in [0, 0.1) is 5.92 Å². The molecule has 2 rings (SSSR count). The van der Waals surface area contributed by atoms with E-state index in [4.69, 9.17) is 9.47 Å². The largest absolute Gasteiger partial charge is 0.496 e. The lowest BCUT2D eigenvalue weighted by molar-refractivity contribution is 0.0360. The number of methoxy groups -OCH3 is 1. The predicted octanol–water partition coefficient (Wildman–Crippen LogP) is 4.18.